The first-order chi connectivity index (χ1) is 14.0. The summed E-state index contributed by atoms with van der Waals surface area (Å²) in [5.74, 6) is -4.77. The highest BCUT2D eigenvalue weighted by Gasteiger charge is 2.22. The first-order valence-electron chi connectivity index (χ1n) is 10.1. The summed E-state index contributed by atoms with van der Waals surface area (Å²) in [6.07, 6.45) is 6.48. The summed E-state index contributed by atoms with van der Waals surface area (Å²) in [6, 6.07) is 11.0. The van der Waals surface area contributed by atoms with Crippen molar-refractivity contribution in [1.82, 2.24) is 0 Å². The summed E-state index contributed by atoms with van der Waals surface area (Å²) >= 11 is 0. The second kappa shape index (κ2) is 8.02. The Labute approximate surface area is 168 Å². The summed E-state index contributed by atoms with van der Waals surface area (Å²) in [5.41, 5.74) is 5.20. The van der Waals surface area contributed by atoms with E-state index in [1.165, 1.54) is 30.9 Å². The van der Waals surface area contributed by atoms with Gasteiger partial charge in [-0.25, -0.2) is 17.6 Å². The van der Waals surface area contributed by atoms with Crippen LogP contribution in [0.4, 0.5) is 17.6 Å². The van der Waals surface area contributed by atoms with Crippen molar-refractivity contribution in [3.05, 3.63) is 82.4 Å². The van der Waals surface area contributed by atoms with Gasteiger partial charge in [0.05, 0.1) is 0 Å². The van der Waals surface area contributed by atoms with Gasteiger partial charge >= 0.3 is 0 Å². The van der Waals surface area contributed by atoms with Crippen molar-refractivity contribution in [2.75, 3.05) is 0 Å². The van der Waals surface area contributed by atoms with E-state index in [1.54, 1.807) is 6.07 Å². The van der Waals surface area contributed by atoms with E-state index < -0.39 is 23.3 Å². The van der Waals surface area contributed by atoms with Crippen LogP contribution in [0, 0.1) is 23.3 Å². The maximum absolute atomic E-state index is 14.8. The molecule has 0 aliphatic heterocycles. The lowest BCUT2D eigenvalue weighted by Gasteiger charge is -2.09. The number of halogens is 4. The van der Waals surface area contributed by atoms with Crippen LogP contribution >= 0.6 is 0 Å². The Balaban J connectivity index is 1.64. The van der Waals surface area contributed by atoms with Crippen molar-refractivity contribution in [2.24, 2.45) is 0 Å². The van der Waals surface area contributed by atoms with E-state index in [0.717, 1.165) is 47.2 Å². The molecule has 0 heterocycles. The van der Waals surface area contributed by atoms with Crippen molar-refractivity contribution in [3.63, 3.8) is 0 Å². The molecule has 0 fully saturated rings. The van der Waals surface area contributed by atoms with E-state index in [-0.39, 0.29) is 11.1 Å². The summed E-state index contributed by atoms with van der Waals surface area (Å²) < 4.78 is 55.2. The van der Waals surface area contributed by atoms with Crippen molar-refractivity contribution in [1.29, 1.82) is 0 Å². The van der Waals surface area contributed by atoms with Gasteiger partial charge in [0.2, 0.25) is 0 Å². The Hall–Kier alpha value is -2.62. The van der Waals surface area contributed by atoms with Gasteiger partial charge in [0.25, 0.3) is 0 Å². The Kier molecular flexibility index (Phi) is 5.44. The predicted molar refractivity (Wildman–Crippen MR) is 108 cm³/mol. The smallest absolute Gasteiger partial charge is 0.194 e. The standard InChI is InChI=1S/C25H22F4/c1-2-3-4-5-6-15-7-8-19-16(9-15)10-17-11-21(22(26)14-20(17)19)18-12-23(27)25(29)24(28)13-18/h7-9,11-14H,2-6,10H2,1H3. The van der Waals surface area contributed by atoms with Crippen LogP contribution in [0.5, 0.6) is 0 Å². The Morgan fingerprint density at radius 3 is 2.14 bits per heavy atom. The second-order valence-corrected chi connectivity index (χ2v) is 7.72. The molecule has 150 valence electrons. The number of fused-ring (bicyclic) bond motifs is 3. The van der Waals surface area contributed by atoms with E-state index in [9.17, 15) is 17.6 Å². The molecule has 0 amide bonds. The molecule has 0 saturated carbocycles. The highest BCUT2D eigenvalue weighted by Crippen LogP contribution is 2.40. The molecule has 0 spiro atoms. The van der Waals surface area contributed by atoms with E-state index in [0.29, 0.717) is 6.42 Å². The third-order valence-corrected chi connectivity index (χ3v) is 5.65. The Morgan fingerprint density at radius 2 is 1.41 bits per heavy atom. The molecule has 0 bridgehead atoms. The van der Waals surface area contributed by atoms with Crippen LogP contribution < -0.4 is 0 Å². The molecular formula is C25H22F4. The lowest BCUT2D eigenvalue weighted by atomic mass is 9.97. The SMILES string of the molecule is CCCCCCc1ccc2c(c1)Cc1cc(-c3cc(F)c(F)c(F)c3)c(F)cc1-2. The fourth-order valence-corrected chi connectivity index (χ4v) is 4.12. The molecule has 4 rings (SSSR count). The highest BCUT2D eigenvalue weighted by atomic mass is 19.2. The quantitative estimate of drug-likeness (QED) is 0.178. The molecule has 29 heavy (non-hydrogen) atoms. The Bertz CT molecular complexity index is 1050. The van der Waals surface area contributed by atoms with E-state index in [4.69, 9.17) is 0 Å². The average molecular weight is 398 g/mol. The molecule has 3 aromatic rings. The van der Waals surface area contributed by atoms with Gasteiger partial charge in [-0.3, -0.25) is 0 Å². The number of benzene rings is 3. The van der Waals surface area contributed by atoms with Gasteiger partial charge in [-0.2, -0.15) is 0 Å². The molecule has 0 nitrogen and oxygen atoms in total. The molecule has 4 heteroatoms. The third kappa shape index (κ3) is 3.81. The van der Waals surface area contributed by atoms with Crippen molar-refractivity contribution >= 4 is 0 Å². The number of hydrogen-bond acceptors (Lipinski definition) is 0. The minimum atomic E-state index is -1.55. The summed E-state index contributed by atoms with van der Waals surface area (Å²) in [5, 5.41) is 0. The maximum Gasteiger partial charge on any atom is 0.194 e. The largest absolute Gasteiger partial charge is 0.206 e. The lowest BCUT2D eigenvalue weighted by Crippen LogP contribution is -1.95. The molecule has 0 unspecified atom stereocenters. The summed E-state index contributed by atoms with van der Waals surface area (Å²) in [6.45, 7) is 2.19. The first kappa shape index (κ1) is 19.7. The predicted octanol–water partition coefficient (Wildman–Crippen LogP) is 7.60. The average Bonchev–Trinajstić information content (AvgIpc) is 3.05. The van der Waals surface area contributed by atoms with Crippen molar-refractivity contribution in [2.45, 2.75) is 45.4 Å². The zero-order valence-corrected chi connectivity index (χ0v) is 16.3. The maximum atomic E-state index is 14.8. The van der Waals surface area contributed by atoms with Crippen molar-refractivity contribution < 1.29 is 17.6 Å². The third-order valence-electron chi connectivity index (χ3n) is 5.65. The topological polar surface area (TPSA) is 0 Å². The van der Waals surface area contributed by atoms with Gasteiger partial charge in [0.15, 0.2) is 17.5 Å². The highest BCUT2D eigenvalue weighted by molar-refractivity contribution is 5.80. The summed E-state index contributed by atoms with van der Waals surface area (Å²) in [4.78, 5) is 0. The van der Waals surface area contributed by atoms with Gasteiger partial charge in [0.1, 0.15) is 5.82 Å². The number of rotatable bonds is 6. The minimum Gasteiger partial charge on any atom is -0.206 e. The molecule has 0 atom stereocenters. The zero-order chi connectivity index (χ0) is 20.5. The Morgan fingerprint density at radius 1 is 0.690 bits per heavy atom. The molecular weight excluding hydrogens is 376 g/mol. The molecule has 0 radical (unpaired) electrons. The van der Waals surface area contributed by atoms with Crippen LogP contribution in [0.25, 0.3) is 22.3 Å². The van der Waals surface area contributed by atoms with Crippen LogP contribution in [0.1, 0.15) is 49.3 Å². The molecule has 0 N–H and O–H groups in total. The van der Waals surface area contributed by atoms with Crippen LogP contribution in [-0.4, -0.2) is 0 Å². The zero-order valence-electron chi connectivity index (χ0n) is 16.3. The number of unbranched alkanes of at least 4 members (excludes halogenated alkanes) is 3. The van der Waals surface area contributed by atoms with Crippen LogP contribution in [0.15, 0.2) is 42.5 Å². The van der Waals surface area contributed by atoms with Crippen LogP contribution in [0.2, 0.25) is 0 Å². The second-order valence-electron chi connectivity index (χ2n) is 7.72. The van der Waals surface area contributed by atoms with Gasteiger partial charge in [-0.05, 0) is 76.9 Å². The van der Waals surface area contributed by atoms with Crippen molar-refractivity contribution in [3.8, 4) is 22.3 Å². The fourth-order valence-electron chi connectivity index (χ4n) is 4.12. The molecule has 1 aliphatic rings. The van der Waals surface area contributed by atoms with Gasteiger partial charge in [0, 0.05) is 5.56 Å². The van der Waals surface area contributed by atoms with E-state index >= 15 is 0 Å². The summed E-state index contributed by atoms with van der Waals surface area (Å²) in [7, 11) is 0. The van der Waals surface area contributed by atoms with Gasteiger partial charge in [-0.1, -0.05) is 44.4 Å². The monoisotopic (exact) mass is 398 g/mol. The fraction of sp³-hybridized carbons (Fsp3) is 0.280. The molecule has 3 aromatic carbocycles. The molecule has 1 aliphatic carbocycles. The number of aryl methyl sites for hydroxylation is 1. The van der Waals surface area contributed by atoms with Crippen LogP contribution in [-0.2, 0) is 12.8 Å². The lowest BCUT2D eigenvalue weighted by molar-refractivity contribution is 0.447. The normalized spacial score (nSPS) is 12.2. The number of hydrogen-bond donors (Lipinski definition) is 0. The van der Waals surface area contributed by atoms with E-state index in [1.807, 2.05) is 6.07 Å². The minimum absolute atomic E-state index is 0.00531. The van der Waals surface area contributed by atoms with Gasteiger partial charge < -0.3 is 0 Å². The van der Waals surface area contributed by atoms with Gasteiger partial charge in [-0.15, -0.1) is 0 Å². The molecule has 0 aromatic heterocycles. The van der Waals surface area contributed by atoms with E-state index in [2.05, 4.69) is 19.1 Å². The van der Waals surface area contributed by atoms with Crippen LogP contribution in [0.3, 0.4) is 0 Å². The first-order valence-corrected chi connectivity index (χ1v) is 10.1. The molecule has 0 saturated heterocycles.